The van der Waals surface area contributed by atoms with Crippen LogP contribution >= 0.6 is 0 Å². The molecule has 1 aromatic heterocycles. The summed E-state index contributed by atoms with van der Waals surface area (Å²) in [7, 11) is 0. The summed E-state index contributed by atoms with van der Waals surface area (Å²) in [6, 6.07) is 2.82. The Morgan fingerprint density at radius 3 is 2.66 bits per heavy atom. The van der Waals surface area contributed by atoms with Crippen molar-refractivity contribution >= 4 is 17.8 Å². The first kappa shape index (κ1) is 26.6. The number of carbonyl (C=O) groups excluding carboxylic acids is 2. The Morgan fingerprint density at radius 1 is 1.26 bits per heavy atom. The molecule has 0 bridgehead atoms. The Kier molecular flexibility index (Phi) is 7.83. The van der Waals surface area contributed by atoms with Crippen molar-refractivity contribution in [2.75, 3.05) is 31.5 Å². The molecule has 3 amide bonds. The smallest absolute Gasteiger partial charge is 0.319 e. The molecule has 3 heterocycles. The van der Waals surface area contributed by atoms with Crippen molar-refractivity contribution in [2.45, 2.75) is 66.1 Å². The number of carbonyl (C=O) groups is 2. The van der Waals surface area contributed by atoms with Crippen LogP contribution < -0.4 is 5.32 Å². The van der Waals surface area contributed by atoms with E-state index in [9.17, 15) is 18.4 Å². The predicted octanol–water partition coefficient (Wildman–Crippen LogP) is 4.55. The zero-order valence-corrected chi connectivity index (χ0v) is 20.1. The number of aromatic amines is 1. The van der Waals surface area contributed by atoms with Crippen molar-refractivity contribution in [3.63, 3.8) is 0 Å². The number of nitrogens with zero attached hydrogens (tertiary/aromatic N) is 4. The number of halogens is 2. The third-order valence-electron chi connectivity index (χ3n) is 6.89. The van der Waals surface area contributed by atoms with E-state index in [1.54, 1.807) is 4.90 Å². The highest BCUT2D eigenvalue weighted by Gasteiger charge is 2.46. The van der Waals surface area contributed by atoms with Gasteiger partial charge < -0.3 is 15.1 Å². The molecule has 1 fully saturated rings. The Balaban J connectivity index is 0.00000342. The maximum absolute atomic E-state index is 14.0. The summed E-state index contributed by atoms with van der Waals surface area (Å²) >= 11 is 0. The summed E-state index contributed by atoms with van der Waals surface area (Å²) in [4.78, 5) is 32.3. The minimum absolute atomic E-state index is 0. The molecule has 1 aromatic carbocycles. The van der Waals surface area contributed by atoms with Gasteiger partial charge in [-0.15, -0.1) is 0 Å². The molecule has 0 radical (unpaired) electrons. The van der Waals surface area contributed by atoms with Gasteiger partial charge in [-0.05, 0) is 45.9 Å². The number of aromatic nitrogens is 2. The highest BCUT2D eigenvalue weighted by molar-refractivity contribution is 6.04. The second-order valence-corrected chi connectivity index (χ2v) is 9.63. The number of fused-ring (bicyclic) bond motifs is 1. The third-order valence-corrected chi connectivity index (χ3v) is 6.89. The van der Waals surface area contributed by atoms with Gasteiger partial charge in [-0.3, -0.25) is 14.8 Å². The van der Waals surface area contributed by atoms with Gasteiger partial charge in [-0.25, -0.2) is 13.6 Å². The Morgan fingerprint density at radius 2 is 2.00 bits per heavy atom. The molecule has 1 atom stereocenters. The van der Waals surface area contributed by atoms with Crippen LogP contribution in [0.1, 0.15) is 69.6 Å². The van der Waals surface area contributed by atoms with E-state index in [1.807, 2.05) is 18.7 Å². The fraction of sp³-hybridized carbons (Fsp3) is 0.560. The first-order chi connectivity index (χ1) is 16.1. The molecule has 8 nitrogen and oxygen atoms in total. The molecule has 192 valence electrons. The second kappa shape index (κ2) is 10.3. The molecule has 2 aliphatic rings. The quantitative estimate of drug-likeness (QED) is 0.644. The topological polar surface area (TPSA) is 84.6 Å². The van der Waals surface area contributed by atoms with Crippen LogP contribution in [-0.4, -0.2) is 69.1 Å². The van der Waals surface area contributed by atoms with Crippen LogP contribution in [0, 0.1) is 11.6 Å². The van der Waals surface area contributed by atoms with Crippen molar-refractivity contribution in [2.24, 2.45) is 0 Å². The van der Waals surface area contributed by atoms with E-state index in [-0.39, 0.29) is 37.4 Å². The lowest BCUT2D eigenvalue weighted by atomic mass is 10.0. The van der Waals surface area contributed by atoms with E-state index in [0.717, 1.165) is 50.3 Å². The summed E-state index contributed by atoms with van der Waals surface area (Å²) in [5.74, 6) is -2.20. The molecule has 0 spiro atoms. The van der Waals surface area contributed by atoms with Crippen LogP contribution in [-0.2, 0) is 12.1 Å². The largest absolute Gasteiger partial charge is 0.321 e. The Bertz CT molecular complexity index is 1090. The van der Waals surface area contributed by atoms with Gasteiger partial charge in [0, 0.05) is 37.3 Å². The Labute approximate surface area is 205 Å². The van der Waals surface area contributed by atoms with E-state index < -0.39 is 23.1 Å². The Hall–Kier alpha value is -3.01. The molecular weight excluding hydrogens is 454 g/mol. The SMILES string of the molecule is C.CCCCN1CCN(C(=O)N2Cc3c(NC(=O)c4ccc(F)cc4F)n[nH]c3C2(C)C)[C@@H](C)C1. The molecular formula is C25H36F2N6O2. The maximum atomic E-state index is 14.0. The lowest BCUT2D eigenvalue weighted by molar-refractivity contribution is 0.0586. The zero-order valence-electron chi connectivity index (χ0n) is 20.1. The molecule has 2 N–H and O–H groups in total. The van der Waals surface area contributed by atoms with E-state index in [2.05, 4.69) is 34.3 Å². The highest BCUT2D eigenvalue weighted by Crippen LogP contribution is 2.41. The van der Waals surface area contributed by atoms with Gasteiger partial charge in [0.2, 0.25) is 0 Å². The number of hydrogen-bond acceptors (Lipinski definition) is 4. The van der Waals surface area contributed by atoms with E-state index in [0.29, 0.717) is 18.2 Å². The fourth-order valence-corrected chi connectivity index (χ4v) is 4.83. The van der Waals surface area contributed by atoms with E-state index >= 15 is 0 Å². The van der Waals surface area contributed by atoms with Gasteiger partial charge in [-0.2, -0.15) is 5.10 Å². The first-order valence-corrected chi connectivity index (χ1v) is 11.8. The average Bonchev–Trinajstić information content (AvgIpc) is 3.29. The van der Waals surface area contributed by atoms with Gasteiger partial charge in [0.05, 0.1) is 23.3 Å². The van der Waals surface area contributed by atoms with Crippen molar-refractivity contribution < 1.29 is 18.4 Å². The summed E-state index contributed by atoms with van der Waals surface area (Å²) in [6.45, 7) is 11.8. The summed E-state index contributed by atoms with van der Waals surface area (Å²) < 4.78 is 27.2. The van der Waals surface area contributed by atoms with Crippen LogP contribution in [0.25, 0.3) is 0 Å². The van der Waals surface area contributed by atoms with Gasteiger partial charge in [0.1, 0.15) is 11.6 Å². The van der Waals surface area contributed by atoms with Crippen LogP contribution in [0.5, 0.6) is 0 Å². The molecule has 2 aliphatic heterocycles. The summed E-state index contributed by atoms with van der Waals surface area (Å²) in [5.41, 5.74) is 0.467. The minimum atomic E-state index is -0.950. The molecule has 0 saturated carbocycles. The average molecular weight is 491 g/mol. The van der Waals surface area contributed by atoms with E-state index in [1.165, 1.54) is 0 Å². The maximum Gasteiger partial charge on any atom is 0.321 e. The van der Waals surface area contributed by atoms with Crippen molar-refractivity contribution in [3.8, 4) is 0 Å². The fourth-order valence-electron chi connectivity index (χ4n) is 4.83. The van der Waals surface area contributed by atoms with Gasteiger partial charge in [-0.1, -0.05) is 20.8 Å². The molecule has 0 aliphatic carbocycles. The highest BCUT2D eigenvalue weighted by atomic mass is 19.1. The van der Waals surface area contributed by atoms with Gasteiger partial charge >= 0.3 is 6.03 Å². The summed E-state index contributed by atoms with van der Waals surface area (Å²) in [5, 5.41) is 9.75. The number of benzene rings is 1. The lowest BCUT2D eigenvalue weighted by Crippen LogP contribution is -2.58. The van der Waals surface area contributed by atoms with Crippen LogP contribution in [0.15, 0.2) is 18.2 Å². The molecule has 35 heavy (non-hydrogen) atoms. The van der Waals surface area contributed by atoms with Crippen molar-refractivity contribution in [1.29, 1.82) is 0 Å². The van der Waals surface area contributed by atoms with Crippen molar-refractivity contribution in [1.82, 2.24) is 24.9 Å². The zero-order chi connectivity index (χ0) is 24.6. The second-order valence-electron chi connectivity index (χ2n) is 9.63. The van der Waals surface area contributed by atoms with Crippen molar-refractivity contribution in [3.05, 3.63) is 46.7 Å². The molecule has 4 rings (SSSR count). The number of anilines is 1. The van der Waals surface area contributed by atoms with Gasteiger partial charge in [0.25, 0.3) is 5.91 Å². The van der Waals surface area contributed by atoms with E-state index in [4.69, 9.17) is 0 Å². The first-order valence-electron chi connectivity index (χ1n) is 11.8. The normalized spacial score (nSPS) is 19.3. The third kappa shape index (κ3) is 5.03. The summed E-state index contributed by atoms with van der Waals surface area (Å²) in [6.07, 6.45) is 2.30. The standard InChI is InChI=1S/C24H32F2N6O2.CH4/c1-5-6-9-30-10-11-31(15(2)13-30)23(34)32-14-18-20(24(32,3)4)28-29-21(18)27-22(33)17-8-7-16(25)12-19(17)26;/h7-8,12,15H,5-6,9-11,13-14H2,1-4H3,(H2,27,28,29,33);1H4/t15-;/m0./s1. The number of hydrogen-bond donors (Lipinski definition) is 2. The number of H-pyrrole nitrogens is 1. The number of unbranched alkanes of at least 4 members (excludes halogenated alkanes) is 1. The van der Waals surface area contributed by atoms with Crippen LogP contribution in [0.4, 0.5) is 19.4 Å². The predicted molar refractivity (Wildman–Crippen MR) is 131 cm³/mol. The molecule has 10 heteroatoms. The number of piperazine rings is 1. The monoisotopic (exact) mass is 490 g/mol. The molecule has 1 saturated heterocycles. The number of nitrogens with one attached hydrogen (secondary N) is 2. The minimum Gasteiger partial charge on any atom is -0.319 e. The number of rotatable bonds is 5. The number of amides is 3. The molecule has 0 unspecified atom stereocenters. The van der Waals surface area contributed by atoms with Crippen LogP contribution in [0.2, 0.25) is 0 Å². The number of urea groups is 1. The lowest BCUT2D eigenvalue weighted by Gasteiger charge is -2.44. The van der Waals surface area contributed by atoms with Crippen LogP contribution in [0.3, 0.4) is 0 Å². The molecule has 2 aromatic rings. The van der Waals surface area contributed by atoms with Gasteiger partial charge in [0.15, 0.2) is 5.82 Å².